The summed E-state index contributed by atoms with van der Waals surface area (Å²) in [5.41, 5.74) is 5.89. The molecule has 0 saturated carbocycles. The molecule has 2 rings (SSSR count). The van der Waals surface area contributed by atoms with Crippen LogP contribution in [-0.2, 0) is 22.4 Å². The van der Waals surface area contributed by atoms with Crippen molar-refractivity contribution in [2.24, 2.45) is 5.73 Å². The van der Waals surface area contributed by atoms with E-state index in [1.54, 1.807) is 0 Å². The quantitative estimate of drug-likeness (QED) is 0.131. The predicted octanol–water partition coefficient (Wildman–Crippen LogP) is 0.0933. The summed E-state index contributed by atoms with van der Waals surface area (Å²) in [5, 5.41) is 24.8. The number of nitrogens with zero attached hydrogens (tertiary/aromatic N) is 1. The van der Waals surface area contributed by atoms with Crippen molar-refractivity contribution < 1.29 is 19.8 Å². The lowest BCUT2D eigenvalue weighted by atomic mass is 10.2. The fourth-order valence-corrected chi connectivity index (χ4v) is 3.80. The number of pyridine rings is 2. The summed E-state index contributed by atoms with van der Waals surface area (Å²) in [4.78, 5) is 55.0. The van der Waals surface area contributed by atoms with Crippen LogP contribution in [0.5, 0.6) is 11.5 Å². The van der Waals surface area contributed by atoms with Gasteiger partial charge < -0.3 is 41.4 Å². The van der Waals surface area contributed by atoms with Gasteiger partial charge in [-0.2, -0.15) is 0 Å². The molecule has 0 aliphatic heterocycles. The monoisotopic (exact) mass is 532 g/mol. The van der Waals surface area contributed by atoms with Crippen LogP contribution in [-0.4, -0.2) is 76.2 Å². The summed E-state index contributed by atoms with van der Waals surface area (Å²) in [6, 6.07) is 2.60. The Labute approximate surface area is 221 Å². The Morgan fingerprint density at radius 1 is 0.816 bits per heavy atom. The number of nitrogens with one attached hydrogen (secondary N) is 4. The summed E-state index contributed by atoms with van der Waals surface area (Å²) in [6.45, 7) is 3.84. The average Bonchev–Trinajstić information content (AvgIpc) is 2.90. The van der Waals surface area contributed by atoms with E-state index in [0.717, 1.165) is 38.8 Å². The van der Waals surface area contributed by atoms with Crippen LogP contribution in [0.25, 0.3) is 0 Å². The molecule has 2 aromatic heterocycles. The van der Waals surface area contributed by atoms with Crippen molar-refractivity contribution in [1.29, 1.82) is 0 Å². The second-order valence-corrected chi connectivity index (χ2v) is 9.10. The zero-order valence-corrected chi connectivity index (χ0v) is 21.8. The van der Waals surface area contributed by atoms with Crippen LogP contribution >= 0.6 is 0 Å². The van der Waals surface area contributed by atoms with Crippen LogP contribution in [0.2, 0.25) is 0 Å². The first-order valence-corrected chi connectivity index (χ1v) is 13.1. The van der Waals surface area contributed by atoms with E-state index >= 15 is 0 Å². The lowest BCUT2D eigenvalue weighted by molar-refractivity contribution is -0.131. The van der Waals surface area contributed by atoms with E-state index in [2.05, 4.69) is 20.6 Å². The van der Waals surface area contributed by atoms with E-state index in [4.69, 9.17) is 5.73 Å². The molecule has 2 amide bonds. The molecule has 38 heavy (non-hydrogen) atoms. The molecular weight excluding hydrogens is 492 g/mol. The van der Waals surface area contributed by atoms with E-state index < -0.39 is 10.9 Å². The van der Waals surface area contributed by atoms with E-state index in [9.17, 15) is 29.4 Å². The number of carbonyl (C=O) groups is 2. The highest BCUT2D eigenvalue weighted by Gasteiger charge is 2.13. The fourth-order valence-electron chi connectivity index (χ4n) is 3.80. The molecule has 2 heterocycles. The Bertz CT molecular complexity index is 1130. The van der Waals surface area contributed by atoms with Gasteiger partial charge in [0.15, 0.2) is 11.5 Å². The number of aryl methyl sites for hydroxylation is 2. The number of rotatable bonds is 18. The number of unbranched alkanes of at least 4 members (excludes halogenated alkanes) is 1. The summed E-state index contributed by atoms with van der Waals surface area (Å²) >= 11 is 0. The van der Waals surface area contributed by atoms with Gasteiger partial charge in [0, 0.05) is 68.4 Å². The minimum atomic E-state index is -0.468. The number of aromatic nitrogens is 2. The maximum Gasteiger partial charge on any atom is 0.223 e. The van der Waals surface area contributed by atoms with E-state index in [0.29, 0.717) is 50.4 Å². The first-order chi connectivity index (χ1) is 18.3. The third-order valence-corrected chi connectivity index (χ3v) is 6.00. The number of nitrogens with two attached hydrogens (primary N) is 1. The Balaban J connectivity index is 1.55. The van der Waals surface area contributed by atoms with Crippen LogP contribution in [0.3, 0.4) is 0 Å². The minimum Gasteiger partial charge on any atom is -0.503 e. The number of carbonyl (C=O) groups excluding carboxylic acids is 2. The molecule has 0 atom stereocenters. The highest BCUT2D eigenvalue weighted by Crippen LogP contribution is 2.06. The van der Waals surface area contributed by atoms with Gasteiger partial charge in [-0.05, 0) is 58.2 Å². The van der Waals surface area contributed by atoms with Gasteiger partial charge in [0.25, 0.3) is 0 Å². The Morgan fingerprint density at radius 3 is 2.00 bits per heavy atom. The lowest BCUT2D eigenvalue weighted by Gasteiger charge is -2.22. The van der Waals surface area contributed by atoms with Crippen LogP contribution in [0.1, 0.15) is 49.9 Å². The highest BCUT2D eigenvalue weighted by molar-refractivity contribution is 5.76. The second-order valence-electron chi connectivity index (χ2n) is 9.10. The molecule has 0 radical (unpaired) electrons. The van der Waals surface area contributed by atoms with Gasteiger partial charge in [0.2, 0.25) is 22.7 Å². The van der Waals surface area contributed by atoms with Crippen LogP contribution in [0.15, 0.2) is 34.1 Å². The maximum atomic E-state index is 12.7. The predicted molar refractivity (Wildman–Crippen MR) is 144 cm³/mol. The SMILES string of the molecule is NCCCN(CCCCNCCCNC(=O)CCc1cc(=O)c(O)c[nH]1)C(=O)CCc1cc(=O)c(O)c[nH]1. The molecule has 0 fully saturated rings. The van der Waals surface area contributed by atoms with Gasteiger partial charge in [0.1, 0.15) is 0 Å². The Hall–Kier alpha value is -3.64. The highest BCUT2D eigenvalue weighted by atomic mass is 16.3. The van der Waals surface area contributed by atoms with Crippen molar-refractivity contribution >= 4 is 11.8 Å². The lowest BCUT2D eigenvalue weighted by Crippen LogP contribution is -2.34. The van der Waals surface area contributed by atoms with Crippen molar-refractivity contribution in [1.82, 2.24) is 25.5 Å². The Kier molecular flexibility index (Phi) is 13.7. The molecule has 12 nitrogen and oxygen atoms in total. The zero-order chi connectivity index (χ0) is 27.8. The summed E-state index contributed by atoms with van der Waals surface area (Å²) < 4.78 is 0. The van der Waals surface area contributed by atoms with Crippen molar-refractivity contribution in [3.63, 3.8) is 0 Å². The molecule has 0 spiro atoms. The molecule has 0 bridgehead atoms. The smallest absolute Gasteiger partial charge is 0.223 e. The summed E-state index contributed by atoms with van der Waals surface area (Å²) in [5.74, 6) is -0.778. The molecule has 210 valence electrons. The van der Waals surface area contributed by atoms with E-state index in [1.165, 1.54) is 24.5 Å². The van der Waals surface area contributed by atoms with Gasteiger partial charge in [0.05, 0.1) is 0 Å². The van der Waals surface area contributed by atoms with Crippen molar-refractivity contribution in [2.45, 2.75) is 51.4 Å². The molecule has 0 unspecified atom stereocenters. The van der Waals surface area contributed by atoms with Crippen LogP contribution in [0, 0.1) is 0 Å². The maximum absolute atomic E-state index is 12.7. The molecule has 2 aromatic rings. The number of H-pyrrole nitrogens is 2. The fraction of sp³-hybridized carbons (Fsp3) is 0.538. The molecule has 0 aliphatic rings. The molecular formula is C26H40N6O6. The number of aromatic hydroxyl groups is 2. The first-order valence-electron chi connectivity index (χ1n) is 13.1. The van der Waals surface area contributed by atoms with Crippen molar-refractivity contribution in [3.8, 4) is 11.5 Å². The number of hydrogen-bond donors (Lipinski definition) is 7. The molecule has 12 heteroatoms. The van der Waals surface area contributed by atoms with Gasteiger partial charge >= 0.3 is 0 Å². The third kappa shape index (κ3) is 11.6. The standard InChI is InChI=1S/C26H40N6O6/c27-9-3-14-32(26(38)8-6-20-16-22(34)24(36)18-31-20)13-2-1-10-28-11-4-12-29-25(37)7-5-19-15-21(33)23(35)17-30-19/h15-18,28,35-36H,1-14,27H2,(H,29,37)(H,30,33)(H,31,34). The van der Waals surface area contributed by atoms with Gasteiger partial charge in [-0.25, -0.2) is 0 Å². The Morgan fingerprint density at radius 2 is 1.39 bits per heavy atom. The second kappa shape index (κ2) is 17.0. The van der Waals surface area contributed by atoms with Crippen molar-refractivity contribution in [3.05, 3.63) is 56.4 Å². The summed E-state index contributed by atoms with van der Waals surface area (Å²) in [7, 11) is 0. The number of hydrogen-bond acceptors (Lipinski definition) is 8. The van der Waals surface area contributed by atoms with Gasteiger partial charge in [-0.15, -0.1) is 0 Å². The van der Waals surface area contributed by atoms with Crippen molar-refractivity contribution in [2.75, 3.05) is 39.3 Å². The normalized spacial score (nSPS) is 10.9. The minimum absolute atomic E-state index is 0.00726. The number of aromatic amines is 2. The van der Waals surface area contributed by atoms with E-state index in [-0.39, 0.29) is 36.2 Å². The van der Waals surface area contributed by atoms with Gasteiger partial charge in [-0.1, -0.05) is 0 Å². The molecule has 8 N–H and O–H groups in total. The molecule has 0 aromatic carbocycles. The zero-order valence-electron chi connectivity index (χ0n) is 21.8. The van der Waals surface area contributed by atoms with Gasteiger partial charge in [-0.3, -0.25) is 19.2 Å². The number of amides is 2. The summed E-state index contributed by atoms with van der Waals surface area (Å²) in [6.07, 6.45) is 7.00. The first kappa shape index (κ1) is 30.6. The van der Waals surface area contributed by atoms with Crippen LogP contribution < -0.4 is 27.2 Å². The third-order valence-electron chi connectivity index (χ3n) is 6.00. The topological polar surface area (TPSA) is 194 Å². The largest absolute Gasteiger partial charge is 0.503 e. The van der Waals surface area contributed by atoms with Crippen LogP contribution in [0.4, 0.5) is 0 Å². The van der Waals surface area contributed by atoms with E-state index in [1.807, 2.05) is 4.90 Å². The average molecular weight is 533 g/mol. The molecule has 0 saturated heterocycles. The molecule has 0 aliphatic carbocycles.